The summed E-state index contributed by atoms with van der Waals surface area (Å²) < 4.78 is 0. The molecular formula is C18H24ArCl2N2O3. The average Bonchev–Trinajstić information content (AvgIpc) is 2.52. The minimum absolute atomic E-state index is 0. The standard InChI is InChI=1S/C18H24Cl2N2O3.Ar/c1-18(2,3)15-8-11(6-7-22(15)17(24)25)16(23)21-10-12-4-5-13(19)9-14(12)20;/h4-5,9,11,15H,6-8,10H2,1-3H3,(H,21,23)(H,24,25);. The Morgan fingerprint density at radius 3 is 2.50 bits per heavy atom. The summed E-state index contributed by atoms with van der Waals surface area (Å²) >= 11 is 12.0. The smallest absolute Gasteiger partial charge is 0.407 e. The molecule has 1 fully saturated rings. The van der Waals surface area contributed by atoms with Crippen molar-refractivity contribution in [2.24, 2.45) is 11.3 Å². The molecule has 0 bridgehead atoms. The first-order valence-corrected chi connectivity index (χ1v) is 9.06. The normalized spacial score (nSPS) is 20.3. The Hall–Kier alpha value is -0.200. The van der Waals surface area contributed by atoms with Crippen LogP contribution in [-0.2, 0) is 11.3 Å². The Balaban J connectivity index is 0.00000338. The fraction of sp³-hybridized carbons (Fsp3) is 0.556. The van der Waals surface area contributed by atoms with Gasteiger partial charge in [-0.1, -0.05) is 50.0 Å². The second-order valence-corrected chi connectivity index (χ2v) is 8.38. The third-order valence-electron chi connectivity index (χ3n) is 4.69. The zero-order chi connectivity index (χ0) is 18.8. The van der Waals surface area contributed by atoms with Gasteiger partial charge in [0.15, 0.2) is 0 Å². The average molecular weight is 427 g/mol. The number of likely N-dealkylation sites (tertiary alicyclic amines) is 1. The number of rotatable bonds is 3. The maximum Gasteiger partial charge on any atom is 0.407 e. The predicted molar refractivity (Wildman–Crippen MR) is 99.0 cm³/mol. The molecule has 2 N–H and O–H groups in total. The van der Waals surface area contributed by atoms with Crippen molar-refractivity contribution in [3.63, 3.8) is 0 Å². The van der Waals surface area contributed by atoms with Crippen LogP contribution in [0.1, 0.15) is 39.2 Å². The van der Waals surface area contributed by atoms with Crippen molar-refractivity contribution < 1.29 is 52.4 Å². The van der Waals surface area contributed by atoms with Gasteiger partial charge in [-0.25, -0.2) is 4.79 Å². The third-order valence-corrected chi connectivity index (χ3v) is 5.27. The van der Waals surface area contributed by atoms with E-state index < -0.39 is 6.09 Å². The van der Waals surface area contributed by atoms with Gasteiger partial charge in [-0.15, -0.1) is 0 Å². The van der Waals surface area contributed by atoms with Crippen molar-refractivity contribution in [1.82, 2.24) is 10.2 Å². The Bertz CT molecular complexity index is 664. The molecule has 1 aliphatic rings. The van der Waals surface area contributed by atoms with Crippen LogP contribution in [0.15, 0.2) is 18.2 Å². The summed E-state index contributed by atoms with van der Waals surface area (Å²) in [5.74, 6) is -0.267. The summed E-state index contributed by atoms with van der Waals surface area (Å²) in [6.45, 7) is 6.70. The molecule has 1 saturated heterocycles. The molecule has 2 atom stereocenters. The molecular weight excluding hydrogens is 403 g/mol. The summed E-state index contributed by atoms with van der Waals surface area (Å²) in [5, 5.41) is 13.4. The van der Waals surface area contributed by atoms with Crippen molar-refractivity contribution in [1.29, 1.82) is 0 Å². The summed E-state index contributed by atoms with van der Waals surface area (Å²) in [4.78, 5) is 25.5. The molecule has 26 heavy (non-hydrogen) atoms. The molecule has 0 aliphatic carbocycles. The van der Waals surface area contributed by atoms with Crippen LogP contribution in [0, 0.1) is 49.1 Å². The fourth-order valence-electron chi connectivity index (χ4n) is 3.25. The van der Waals surface area contributed by atoms with E-state index in [1.54, 1.807) is 18.2 Å². The van der Waals surface area contributed by atoms with Crippen LogP contribution in [0.5, 0.6) is 0 Å². The topological polar surface area (TPSA) is 69.6 Å². The number of hydrogen-bond donors (Lipinski definition) is 2. The van der Waals surface area contributed by atoms with Gasteiger partial charge >= 0.3 is 6.09 Å². The van der Waals surface area contributed by atoms with Crippen molar-refractivity contribution in [2.75, 3.05) is 6.54 Å². The zero-order valence-corrected chi connectivity index (χ0v) is 17.3. The molecule has 5 nitrogen and oxygen atoms in total. The zero-order valence-electron chi connectivity index (χ0n) is 15.0. The van der Waals surface area contributed by atoms with E-state index >= 15 is 0 Å². The van der Waals surface area contributed by atoms with Crippen LogP contribution in [0.2, 0.25) is 10.0 Å². The molecule has 2 rings (SSSR count). The van der Waals surface area contributed by atoms with Crippen LogP contribution < -0.4 is 5.32 Å². The van der Waals surface area contributed by atoms with Crippen LogP contribution in [-0.4, -0.2) is 34.6 Å². The van der Waals surface area contributed by atoms with E-state index in [1.165, 1.54) is 4.90 Å². The van der Waals surface area contributed by atoms with Crippen molar-refractivity contribution in [3.8, 4) is 0 Å². The number of nitrogens with one attached hydrogen (secondary N) is 1. The Kier molecular flexibility index (Phi) is 9.01. The Labute approximate surface area is 194 Å². The van der Waals surface area contributed by atoms with Gasteiger partial charge in [0.05, 0.1) is 0 Å². The quantitative estimate of drug-likeness (QED) is 0.751. The second-order valence-electron chi connectivity index (χ2n) is 7.53. The molecule has 1 aliphatic heterocycles. The molecule has 146 valence electrons. The molecule has 1 heterocycles. The monoisotopic (exact) mass is 426 g/mol. The van der Waals surface area contributed by atoms with E-state index in [1.807, 2.05) is 20.8 Å². The van der Waals surface area contributed by atoms with Gasteiger partial charge in [-0.3, -0.25) is 4.79 Å². The molecule has 0 aromatic heterocycles. The number of amides is 2. The van der Waals surface area contributed by atoms with Crippen LogP contribution in [0.4, 0.5) is 4.79 Å². The van der Waals surface area contributed by atoms with Gasteiger partial charge in [0, 0.05) is 72.8 Å². The van der Waals surface area contributed by atoms with Crippen LogP contribution >= 0.6 is 23.2 Å². The van der Waals surface area contributed by atoms with Gasteiger partial charge < -0.3 is 15.3 Å². The minimum Gasteiger partial charge on any atom is -0.465 e. The predicted octanol–water partition coefficient (Wildman–Crippen LogP) is 4.41. The fourth-order valence-corrected chi connectivity index (χ4v) is 3.72. The van der Waals surface area contributed by atoms with Gasteiger partial charge in [-0.05, 0) is 36.0 Å². The van der Waals surface area contributed by atoms with Gasteiger partial charge in [-0.2, -0.15) is 0 Å². The number of nitrogens with zero attached hydrogens (tertiary/aromatic N) is 1. The van der Waals surface area contributed by atoms with E-state index in [0.29, 0.717) is 36.0 Å². The first kappa shape index (κ1) is 23.8. The van der Waals surface area contributed by atoms with E-state index in [2.05, 4.69) is 5.32 Å². The Morgan fingerprint density at radius 2 is 1.96 bits per heavy atom. The van der Waals surface area contributed by atoms with E-state index in [-0.39, 0.29) is 61.0 Å². The maximum absolute atomic E-state index is 12.6. The molecule has 0 saturated carbocycles. The number of halogens is 2. The first-order chi connectivity index (χ1) is 11.6. The molecule has 2 unspecified atom stereocenters. The van der Waals surface area contributed by atoms with Crippen molar-refractivity contribution in [3.05, 3.63) is 33.8 Å². The second kappa shape index (κ2) is 9.83. The molecule has 1 aromatic rings. The number of hydrogen-bond acceptors (Lipinski definition) is 2. The van der Waals surface area contributed by atoms with Gasteiger partial charge in [0.25, 0.3) is 0 Å². The maximum atomic E-state index is 12.6. The third kappa shape index (κ3) is 6.16. The van der Waals surface area contributed by atoms with Crippen molar-refractivity contribution >= 4 is 35.2 Å². The summed E-state index contributed by atoms with van der Waals surface area (Å²) in [7, 11) is 0. The number of carboxylic acid groups (broad SMARTS) is 1. The first-order valence-electron chi connectivity index (χ1n) is 8.31. The van der Waals surface area contributed by atoms with Gasteiger partial charge in [0.1, 0.15) is 0 Å². The number of piperidine rings is 1. The number of benzene rings is 1. The summed E-state index contributed by atoms with van der Waals surface area (Å²) in [6.07, 6.45) is 0.126. The van der Waals surface area contributed by atoms with Crippen molar-refractivity contribution in [2.45, 2.75) is 46.2 Å². The van der Waals surface area contributed by atoms with E-state index in [0.717, 1.165) is 5.56 Å². The molecule has 0 radical (unpaired) electrons. The number of carbonyl (C=O) groups is 2. The van der Waals surface area contributed by atoms with E-state index in [4.69, 9.17) is 23.2 Å². The molecule has 2 amide bonds. The van der Waals surface area contributed by atoms with Gasteiger partial charge in [0.2, 0.25) is 5.91 Å². The minimum atomic E-state index is -0.924. The van der Waals surface area contributed by atoms with Crippen LogP contribution in [0.3, 0.4) is 0 Å². The summed E-state index contributed by atoms with van der Waals surface area (Å²) in [6, 6.07) is 4.98. The van der Waals surface area contributed by atoms with E-state index in [9.17, 15) is 14.7 Å². The summed E-state index contributed by atoms with van der Waals surface area (Å²) in [5.41, 5.74) is 0.575. The largest absolute Gasteiger partial charge is 0.465 e. The molecule has 0 spiro atoms. The molecule has 8 heteroatoms. The molecule has 1 aromatic carbocycles. The van der Waals surface area contributed by atoms with Crippen LogP contribution in [0.25, 0.3) is 0 Å². The SMILES string of the molecule is CC(C)(C)C1CC(C(=O)NCc2ccc(Cl)cc2Cl)CCN1C(=O)O.[Ar]. The Morgan fingerprint density at radius 1 is 1.31 bits per heavy atom. The number of carbonyl (C=O) groups excluding carboxylic acids is 1.